The van der Waals surface area contributed by atoms with Crippen molar-refractivity contribution in [2.75, 3.05) is 26.2 Å². The Balaban J connectivity index is 2.36. The lowest BCUT2D eigenvalue weighted by Gasteiger charge is -2.34. The van der Waals surface area contributed by atoms with E-state index in [1.807, 2.05) is 4.90 Å². The molecule has 1 aliphatic heterocycles. The van der Waals surface area contributed by atoms with E-state index in [1.54, 1.807) is 6.92 Å². The minimum Gasteiger partial charge on any atom is -0.479 e. The number of carboxylic acids is 1. The summed E-state index contributed by atoms with van der Waals surface area (Å²) in [5, 5.41) is 11.8. The van der Waals surface area contributed by atoms with E-state index in [2.05, 4.69) is 12.2 Å². The normalized spacial score (nSPS) is 21.9. The van der Waals surface area contributed by atoms with Crippen LogP contribution in [0.5, 0.6) is 0 Å². The molecule has 0 aromatic carbocycles. The molecule has 6 heteroatoms. The van der Waals surface area contributed by atoms with Gasteiger partial charge in [0.25, 0.3) is 0 Å². The number of carboxylic acid groups (broad SMARTS) is 1. The number of hydrogen-bond donors (Lipinski definition) is 2. The van der Waals surface area contributed by atoms with E-state index in [1.165, 1.54) is 0 Å². The fraction of sp³-hybridized carbons (Fsp3) is 0.846. The summed E-state index contributed by atoms with van der Waals surface area (Å²) in [7, 11) is 0. The molecule has 0 aliphatic carbocycles. The van der Waals surface area contributed by atoms with Gasteiger partial charge in [-0.2, -0.15) is 0 Å². The van der Waals surface area contributed by atoms with Crippen LogP contribution in [0.25, 0.3) is 0 Å². The van der Waals surface area contributed by atoms with Crippen molar-refractivity contribution in [1.29, 1.82) is 0 Å². The van der Waals surface area contributed by atoms with Crippen LogP contribution in [0.15, 0.2) is 0 Å². The molecule has 1 rings (SSSR count). The predicted octanol–water partition coefficient (Wildman–Crippen LogP) is 0.467. The van der Waals surface area contributed by atoms with Crippen LogP contribution in [-0.4, -0.2) is 60.3 Å². The molecular weight excluding hydrogens is 248 g/mol. The molecule has 2 unspecified atom stereocenters. The highest BCUT2D eigenvalue weighted by molar-refractivity contribution is 5.81. The maximum atomic E-state index is 11.9. The summed E-state index contributed by atoms with van der Waals surface area (Å²) in [6.07, 6.45) is 2.38. The number of rotatable bonds is 7. The zero-order valence-electron chi connectivity index (χ0n) is 11.7. The molecule has 110 valence electrons. The Labute approximate surface area is 114 Å². The Morgan fingerprint density at radius 3 is 2.84 bits per heavy atom. The molecule has 2 atom stereocenters. The van der Waals surface area contributed by atoms with Gasteiger partial charge in [0.05, 0.1) is 12.6 Å². The van der Waals surface area contributed by atoms with E-state index < -0.39 is 12.1 Å². The molecule has 6 nitrogen and oxygen atoms in total. The first kappa shape index (κ1) is 15.9. The van der Waals surface area contributed by atoms with Crippen LogP contribution in [0.4, 0.5) is 0 Å². The van der Waals surface area contributed by atoms with Gasteiger partial charge in [0.1, 0.15) is 0 Å². The molecular formula is C13H24N2O4. The quantitative estimate of drug-likeness (QED) is 0.659. The van der Waals surface area contributed by atoms with Gasteiger partial charge < -0.3 is 15.2 Å². The molecule has 1 amide bonds. The van der Waals surface area contributed by atoms with Crippen molar-refractivity contribution in [3.05, 3.63) is 0 Å². The molecule has 0 saturated carbocycles. The first-order valence-corrected chi connectivity index (χ1v) is 6.92. The summed E-state index contributed by atoms with van der Waals surface area (Å²) < 4.78 is 5.14. The number of aliphatic carboxylic acids is 1. The van der Waals surface area contributed by atoms with Crippen molar-refractivity contribution in [3.8, 4) is 0 Å². The van der Waals surface area contributed by atoms with Crippen molar-refractivity contribution in [3.63, 3.8) is 0 Å². The Hall–Kier alpha value is -1.14. The second kappa shape index (κ2) is 8.12. The van der Waals surface area contributed by atoms with Crippen LogP contribution in [0.2, 0.25) is 0 Å². The standard InChI is InChI=1S/C13H24N2O4/c1-3-4-5-6-14-12(16)10(2)15-7-8-19-11(9-15)13(17)18/h10-11H,3-9H2,1-2H3,(H,14,16)(H,17,18). The van der Waals surface area contributed by atoms with Gasteiger partial charge in [-0.1, -0.05) is 19.8 Å². The third-order valence-electron chi connectivity index (χ3n) is 3.38. The zero-order valence-corrected chi connectivity index (χ0v) is 11.7. The molecule has 0 bridgehead atoms. The van der Waals surface area contributed by atoms with Crippen LogP contribution in [0.1, 0.15) is 33.1 Å². The number of unbranched alkanes of at least 4 members (excludes halogenated alkanes) is 2. The lowest BCUT2D eigenvalue weighted by Crippen LogP contribution is -2.54. The zero-order chi connectivity index (χ0) is 14.3. The van der Waals surface area contributed by atoms with E-state index in [9.17, 15) is 9.59 Å². The molecule has 1 fully saturated rings. The van der Waals surface area contributed by atoms with Crippen LogP contribution in [0, 0.1) is 0 Å². The fourth-order valence-electron chi connectivity index (χ4n) is 2.07. The third kappa shape index (κ3) is 5.16. The number of carbonyl (C=O) groups is 2. The summed E-state index contributed by atoms with van der Waals surface area (Å²) in [6, 6.07) is -0.313. The number of ether oxygens (including phenoxy) is 1. The number of amides is 1. The first-order valence-electron chi connectivity index (χ1n) is 6.92. The monoisotopic (exact) mass is 272 g/mol. The topological polar surface area (TPSA) is 78.9 Å². The average Bonchev–Trinajstić information content (AvgIpc) is 2.42. The second-order valence-corrected chi connectivity index (χ2v) is 4.87. The highest BCUT2D eigenvalue weighted by Crippen LogP contribution is 2.09. The molecule has 1 saturated heterocycles. The maximum Gasteiger partial charge on any atom is 0.334 e. The summed E-state index contributed by atoms with van der Waals surface area (Å²) >= 11 is 0. The van der Waals surface area contributed by atoms with Gasteiger partial charge in [0.2, 0.25) is 5.91 Å². The second-order valence-electron chi connectivity index (χ2n) is 4.87. The van der Waals surface area contributed by atoms with E-state index in [4.69, 9.17) is 9.84 Å². The molecule has 19 heavy (non-hydrogen) atoms. The molecule has 0 spiro atoms. The molecule has 0 aromatic rings. The predicted molar refractivity (Wildman–Crippen MR) is 70.9 cm³/mol. The number of nitrogens with zero attached hydrogens (tertiary/aromatic N) is 1. The molecule has 2 N–H and O–H groups in total. The van der Waals surface area contributed by atoms with Gasteiger partial charge in [-0.25, -0.2) is 4.79 Å². The number of carbonyl (C=O) groups excluding carboxylic acids is 1. The van der Waals surface area contributed by atoms with Crippen molar-refractivity contribution in [1.82, 2.24) is 10.2 Å². The van der Waals surface area contributed by atoms with Crippen LogP contribution < -0.4 is 5.32 Å². The minimum atomic E-state index is -0.972. The summed E-state index contributed by atoms with van der Waals surface area (Å²) in [6.45, 7) is 5.81. The fourth-order valence-corrected chi connectivity index (χ4v) is 2.07. The molecule has 0 aromatic heterocycles. The van der Waals surface area contributed by atoms with E-state index >= 15 is 0 Å². The van der Waals surface area contributed by atoms with Crippen molar-refractivity contribution in [2.45, 2.75) is 45.3 Å². The third-order valence-corrected chi connectivity index (χ3v) is 3.38. The van der Waals surface area contributed by atoms with Gasteiger partial charge in [0, 0.05) is 19.6 Å². The van der Waals surface area contributed by atoms with Crippen LogP contribution in [0.3, 0.4) is 0 Å². The number of morpholine rings is 1. The lowest BCUT2D eigenvalue weighted by atomic mass is 10.2. The Kier molecular flexibility index (Phi) is 6.80. The smallest absolute Gasteiger partial charge is 0.334 e. The Morgan fingerprint density at radius 1 is 1.47 bits per heavy atom. The lowest BCUT2D eigenvalue weighted by molar-refractivity contribution is -0.158. The Bertz CT molecular complexity index is 309. The molecule has 1 aliphatic rings. The Morgan fingerprint density at radius 2 is 2.21 bits per heavy atom. The largest absolute Gasteiger partial charge is 0.479 e. The van der Waals surface area contributed by atoms with Crippen LogP contribution in [-0.2, 0) is 14.3 Å². The van der Waals surface area contributed by atoms with Crippen LogP contribution >= 0.6 is 0 Å². The van der Waals surface area contributed by atoms with E-state index in [0.717, 1.165) is 19.3 Å². The number of hydrogen-bond acceptors (Lipinski definition) is 4. The minimum absolute atomic E-state index is 0.0397. The van der Waals surface area contributed by atoms with Gasteiger partial charge in [-0.15, -0.1) is 0 Å². The van der Waals surface area contributed by atoms with E-state index in [-0.39, 0.29) is 18.5 Å². The van der Waals surface area contributed by atoms with Crippen molar-refractivity contribution < 1.29 is 19.4 Å². The van der Waals surface area contributed by atoms with Gasteiger partial charge >= 0.3 is 5.97 Å². The van der Waals surface area contributed by atoms with Crippen molar-refractivity contribution in [2.24, 2.45) is 0 Å². The van der Waals surface area contributed by atoms with Crippen molar-refractivity contribution >= 4 is 11.9 Å². The summed E-state index contributed by atoms with van der Waals surface area (Å²) in [4.78, 5) is 24.7. The first-order chi connectivity index (χ1) is 9.06. The van der Waals surface area contributed by atoms with Gasteiger partial charge in [-0.05, 0) is 13.3 Å². The van der Waals surface area contributed by atoms with Gasteiger partial charge in [-0.3, -0.25) is 9.69 Å². The molecule has 1 heterocycles. The summed E-state index contributed by atoms with van der Waals surface area (Å²) in [5.74, 6) is -1.01. The van der Waals surface area contributed by atoms with Gasteiger partial charge in [0.15, 0.2) is 6.10 Å². The molecule has 0 radical (unpaired) electrons. The highest BCUT2D eigenvalue weighted by Gasteiger charge is 2.31. The van der Waals surface area contributed by atoms with E-state index in [0.29, 0.717) is 19.7 Å². The maximum absolute atomic E-state index is 11.9. The number of nitrogens with one attached hydrogen (secondary N) is 1. The highest BCUT2D eigenvalue weighted by atomic mass is 16.5. The average molecular weight is 272 g/mol. The summed E-state index contributed by atoms with van der Waals surface area (Å²) in [5.41, 5.74) is 0. The SMILES string of the molecule is CCCCCNC(=O)C(C)N1CCOC(C(=O)O)C1.